The third-order valence-corrected chi connectivity index (χ3v) is 6.94. The monoisotopic (exact) mass is 512 g/mol. The summed E-state index contributed by atoms with van der Waals surface area (Å²) in [5.41, 5.74) is 0.656. The van der Waals surface area contributed by atoms with Crippen molar-refractivity contribution in [2.75, 3.05) is 37.7 Å². The molecule has 0 bridgehead atoms. The molecular weight excluding hydrogens is 483 g/mol. The SMILES string of the molecule is CCOc1ccc(O[C@@H]2CCN(c3cc(F)c4c(c3)C(=O)N(CC(=O)N3CCC(O)CC3)C4)C2=O)cn1. The van der Waals surface area contributed by atoms with E-state index in [0.29, 0.717) is 57.1 Å². The molecule has 0 aliphatic carbocycles. The molecule has 5 rings (SSSR count). The van der Waals surface area contributed by atoms with E-state index in [-0.39, 0.29) is 41.7 Å². The summed E-state index contributed by atoms with van der Waals surface area (Å²) in [5.74, 6) is -0.725. The highest BCUT2D eigenvalue weighted by Gasteiger charge is 2.38. The highest BCUT2D eigenvalue weighted by molar-refractivity contribution is 6.04. The van der Waals surface area contributed by atoms with Crippen molar-refractivity contribution in [1.29, 1.82) is 0 Å². The van der Waals surface area contributed by atoms with Crippen LogP contribution in [-0.4, -0.2) is 82.6 Å². The van der Waals surface area contributed by atoms with E-state index in [4.69, 9.17) is 9.47 Å². The van der Waals surface area contributed by atoms with Gasteiger partial charge in [-0.1, -0.05) is 0 Å². The Balaban J connectivity index is 1.25. The maximum absolute atomic E-state index is 15.1. The molecule has 4 heterocycles. The molecule has 2 saturated heterocycles. The lowest BCUT2D eigenvalue weighted by Gasteiger charge is -2.30. The first-order chi connectivity index (χ1) is 17.8. The Labute approximate surface area is 213 Å². The lowest BCUT2D eigenvalue weighted by Crippen LogP contribution is -2.45. The van der Waals surface area contributed by atoms with Gasteiger partial charge in [0.05, 0.1) is 25.5 Å². The van der Waals surface area contributed by atoms with Crippen molar-refractivity contribution in [3.05, 3.63) is 47.4 Å². The predicted molar refractivity (Wildman–Crippen MR) is 130 cm³/mol. The van der Waals surface area contributed by atoms with Crippen molar-refractivity contribution in [1.82, 2.24) is 14.8 Å². The fourth-order valence-electron chi connectivity index (χ4n) is 4.92. The molecular formula is C26H29FN4O6. The number of aliphatic hydroxyl groups is 1. The zero-order valence-electron chi connectivity index (χ0n) is 20.6. The average Bonchev–Trinajstić information content (AvgIpc) is 3.40. The minimum absolute atomic E-state index is 0.00704. The molecule has 1 atom stereocenters. The predicted octanol–water partition coefficient (Wildman–Crippen LogP) is 1.74. The molecule has 3 aliphatic rings. The number of aromatic nitrogens is 1. The largest absolute Gasteiger partial charge is 0.479 e. The summed E-state index contributed by atoms with van der Waals surface area (Å²) in [5, 5.41) is 9.65. The molecule has 1 aromatic heterocycles. The molecule has 37 heavy (non-hydrogen) atoms. The smallest absolute Gasteiger partial charge is 0.268 e. The number of benzene rings is 1. The molecule has 0 spiro atoms. The van der Waals surface area contributed by atoms with Gasteiger partial charge in [0, 0.05) is 48.9 Å². The quantitative estimate of drug-likeness (QED) is 0.602. The number of carbonyl (C=O) groups excluding carboxylic acids is 3. The molecule has 3 amide bonds. The number of halogens is 1. The number of rotatable bonds is 7. The number of anilines is 1. The first-order valence-electron chi connectivity index (χ1n) is 12.5. The fourth-order valence-corrected chi connectivity index (χ4v) is 4.92. The third kappa shape index (κ3) is 5.08. The van der Waals surface area contributed by atoms with Crippen molar-refractivity contribution in [2.24, 2.45) is 0 Å². The highest BCUT2D eigenvalue weighted by atomic mass is 19.1. The van der Waals surface area contributed by atoms with Gasteiger partial charge in [0.1, 0.15) is 18.1 Å². The number of ether oxygens (including phenoxy) is 2. The van der Waals surface area contributed by atoms with E-state index in [0.717, 1.165) is 0 Å². The van der Waals surface area contributed by atoms with Crippen molar-refractivity contribution in [3.8, 4) is 11.6 Å². The van der Waals surface area contributed by atoms with Crippen LogP contribution in [0.15, 0.2) is 30.5 Å². The van der Waals surface area contributed by atoms with Gasteiger partial charge in [-0.05, 0) is 38.0 Å². The van der Waals surface area contributed by atoms with Gasteiger partial charge in [0.2, 0.25) is 11.8 Å². The second-order valence-corrected chi connectivity index (χ2v) is 9.38. The van der Waals surface area contributed by atoms with E-state index >= 15 is 4.39 Å². The van der Waals surface area contributed by atoms with Crippen LogP contribution in [0.4, 0.5) is 10.1 Å². The van der Waals surface area contributed by atoms with E-state index in [2.05, 4.69) is 4.98 Å². The topological polar surface area (TPSA) is 113 Å². The van der Waals surface area contributed by atoms with Gasteiger partial charge >= 0.3 is 0 Å². The van der Waals surface area contributed by atoms with Crippen LogP contribution in [0.25, 0.3) is 0 Å². The molecule has 1 aromatic carbocycles. The molecule has 0 saturated carbocycles. The molecule has 10 nitrogen and oxygen atoms in total. The number of aliphatic hydroxyl groups excluding tert-OH is 1. The summed E-state index contributed by atoms with van der Waals surface area (Å²) in [6, 6.07) is 6.09. The number of likely N-dealkylation sites (tertiary alicyclic amines) is 1. The van der Waals surface area contributed by atoms with E-state index in [9.17, 15) is 19.5 Å². The zero-order chi connectivity index (χ0) is 26.1. The lowest BCUT2D eigenvalue weighted by atomic mass is 10.1. The van der Waals surface area contributed by atoms with E-state index in [1.165, 1.54) is 28.1 Å². The van der Waals surface area contributed by atoms with Gasteiger partial charge < -0.3 is 29.3 Å². The van der Waals surface area contributed by atoms with Gasteiger partial charge in [0.15, 0.2) is 6.10 Å². The Morgan fingerprint density at radius 2 is 1.95 bits per heavy atom. The van der Waals surface area contributed by atoms with Crippen molar-refractivity contribution >= 4 is 23.4 Å². The Bertz CT molecular complexity index is 1200. The van der Waals surface area contributed by atoms with E-state index in [1.54, 1.807) is 17.0 Å². The summed E-state index contributed by atoms with van der Waals surface area (Å²) in [7, 11) is 0. The van der Waals surface area contributed by atoms with Gasteiger partial charge in [0.25, 0.3) is 11.8 Å². The van der Waals surface area contributed by atoms with Crippen LogP contribution in [0, 0.1) is 5.82 Å². The molecule has 1 N–H and O–H groups in total. The van der Waals surface area contributed by atoms with Crippen molar-refractivity contribution in [3.63, 3.8) is 0 Å². The normalized spacial score (nSPS) is 20.0. The van der Waals surface area contributed by atoms with E-state index in [1.807, 2.05) is 6.92 Å². The third-order valence-electron chi connectivity index (χ3n) is 6.94. The molecule has 2 aromatic rings. The van der Waals surface area contributed by atoms with E-state index < -0.39 is 23.9 Å². The summed E-state index contributed by atoms with van der Waals surface area (Å²) in [6.07, 6.45) is 1.71. The number of hydrogen-bond donors (Lipinski definition) is 1. The number of piperidine rings is 1. The van der Waals surface area contributed by atoms with Gasteiger partial charge in [-0.25, -0.2) is 9.37 Å². The number of fused-ring (bicyclic) bond motifs is 1. The van der Waals surface area contributed by atoms with Crippen LogP contribution in [-0.2, 0) is 16.1 Å². The van der Waals surface area contributed by atoms with Gasteiger partial charge in [-0.3, -0.25) is 14.4 Å². The second kappa shape index (κ2) is 10.3. The Morgan fingerprint density at radius 3 is 2.65 bits per heavy atom. The molecule has 11 heteroatoms. The first-order valence-corrected chi connectivity index (χ1v) is 12.5. The van der Waals surface area contributed by atoms with Crippen LogP contribution in [0.1, 0.15) is 42.1 Å². The Morgan fingerprint density at radius 1 is 1.16 bits per heavy atom. The Kier molecular flexibility index (Phi) is 6.96. The molecule has 196 valence electrons. The molecule has 2 fully saturated rings. The molecule has 0 radical (unpaired) electrons. The number of pyridine rings is 1. The number of hydrogen-bond acceptors (Lipinski definition) is 7. The summed E-state index contributed by atoms with van der Waals surface area (Å²) in [4.78, 5) is 47.3. The summed E-state index contributed by atoms with van der Waals surface area (Å²) >= 11 is 0. The molecule has 0 unspecified atom stereocenters. The van der Waals surface area contributed by atoms with Crippen LogP contribution < -0.4 is 14.4 Å². The fraction of sp³-hybridized carbons (Fsp3) is 0.462. The van der Waals surface area contributed by atoms with Crippen molar-refractivity contribution < 1.29 is 33.4 Å². The standard InChI is InChI=1S/C26H29FN4O6/c1-2-36-23-4-3-18(13-28-23)37-22-7-10-31(26(22)35)16-11-19-20(21(27)12-16)14-30(25(19)34)15-24(33)29-8-5-17(32)6-9-29/h3-4,11-13,17,22,32H,2,5-10,14-15H2,1H3/t22-/m1/s1. The van der Waals surface area contributed by atoms with Crippen molar-refractivity contribution in [2.45, 2.75) is 44.9 Å². The van der Waals surface area contributed by atoms with Gasteiger partial charge in [-0.15, -0.1) is 0 Å². The number of carbonyl (C=O) groups is 3. The van der Waals surface area contributed by atoms with Gasteiger partial charge in [-0.2, -0.15) is 0 Å². The second-order valence-electron chi connectivity index (χ2n) is 9.38. The minimum Gasteiger partial charge on any atom is -0.479 e. The summed E-state index contributed by atoms with van der Waals surface area (Å²) in [6.45, 7) is 3.34. The van der Waals surface area contributed by atoms with Crippen LogP contribution in [0.3, 0.4) is 0 Å². The summed E-state index contributed by atoms with van der Waals surface area (Å²) < 4.78 is 26.2. The Hall–Kier alpha value is -3.73. The van der Waals surface area contributed by atoms with Crippen LogP contribution >= 0.6 is 0 Å². The minimum atomic E-state index is -0.760. The molecule has 3 aliphatic heterocycles. The average molecular weight is 513 g/mol. The lowest BCUT2D eigenvalue weighted by molar-refractivity contribution is -0.134. The number of nitrogens with zero attached hydrogens (tertiary/aromatic N) is 4. The highest BCUT2D eigenvalue weighted by Crippen LogP contribution is 2.33. The maximum atomic E-state index is 15.1. The van der Waals surface area contributed by atoms with Crippen LogP contribution in [0.5, 0.6) is 11.6 Å². The maximum Gasteiger partial charge on any atom is 0.268 e. The number of amides is 3. The first kappa shape index (κ1) is 24.9. The van der Waals surface area contributed by atoms with Crippen LogP contribution in [0.2, 0.25) is 0 Å². The zero-order valence-corrected chi connectivity index (χ0v) is 20.6.